The fraction of sp³-hybridized carbons (Fsp3) is 0.625. The molecule has 1 saturated heterocycles. The highest BCUT2D eigenvalue weighted by Gasteiger charge is 2.24. The molecule has 1 aromatic carbocycles. The van der Waals surface area contributed by atoms with Crippen molar-refractivity contribution in [2.24, 2.45) is 0 Å². The Morgan fingerprint density at radius 1 is 1.45 bits per heavy atom. The normalized spacial score (nSPS) is 19.7. The van der Waals surface area contributed by atoms with Gasteiger partial charge in [-0.3, -0.25) is 4.90 Å². The highest BCUT2D eigenvalue weighted by Crippen LogP contribution is 2.30. The number of nitrogens with zero attached hydrogens (tertiary/aromatic N) is 2. The van der Waals surface area contributed by atoms with Crippen molar-refractivity contribution in [2.75, 3.05) is 33.8 Å². The molecule has 112 valence electrons. The number of likely N-dealkylation sites (N-methyl/N-ethyl adjacent to an activating group) is 2. The Hall–Kier alpha value is -1.26. The van der Waals surface area contributed by atoms with Gasteiger partial charge in [0.05, 0.1) is 7.11 Å². The minimum atomic E-state index is 0.264. The number of benzene rings is 1. The first-order chi connectivity index (χ1) is 9.65. The third-order valence-corrected chi connectivity index (χ3v) is 4.17. The molecule has 4 nitrogen and oxygen atoms in total. The van der Waals surface area contributed by atoms with Crippen LogP contribution < -0.4 is 4.74 Å². The lowest BCUT2D eigenvalue weighted by Gasteiger charge is -2.28. The number of phenols is 1. The standard InChI is InChI=1S/C16H26N2O2/c1-4-18-10-6-8-14(18)12-17(2)11-13-7-5-9-15(20-3)16(13)19/h5,7,9,14,19H,4,6,8,10-12H2,1-3H3. The molecule has 1 aromatic rings. The van der Waals surface area contributed by atoms with E-state index in [9.17, 15) is 5.11 Å². The fourth-order valence-corrected chi connectivity index (χ4v) is 3.09. The van der Waals surface area contributed by atoms with Gasteiger partial charge in [-0.25, -0.2) is 0 Å². The van der Waals surface area contributed by atoms with Crippen molar-refractivity contribution in [1.82, 2.24) is 9.80 Å². The van der Waals surface area contributed by atoms with Gasteiger partial charge in [-0.15, -0.1) is 0 Å². The Morgan fingerprint density at radius 3 is 2.95 bits per heavy atom. The second-order valence-electron chi connectivity index (χ2n) is 5.59. The number of methoxy groups -OCH3 is 1. The third kappa shape index (κ3) is 3.44. The third-order valence-electron chi connectivity index (χ3n) is 4.17. The van der Waals surface area contributed by atoms with E-state index in [4.69, 9.17) is 4.74 Å². The van der Waals surface area contributed by atoms with E-state index in [1.807, 2.05) is 12.1 Å². The highest BCUT2D eigenvalue weighted by molar-refractivity contribution is 5.45. The van der Waals surface area contributed by atoms with Crippen molar-refractivity contribution < 1.29 is 9.84 Å². The number of hydrogen-bond donors (Lipinski definition) is 1. The van der Waals surface area contributed by atoms with Crippen LogP contribution in [-0.4, -0.2) is 54.7 Å². The molecule has 1 heterocycles. The molecular weight excluding hydrogens is 252 g/mol. The molecule has 1 unspecified atom stereocenters. The molecule has 2 rings (SSSR count). The summed E-state index contributed by atoms with van der Waals surface area (Å²) < 4.78 is 5.16. The van der Waals surface area contributed by atoms with Crippen LogP contribution in [0.2, 0.25) is 0 Å². The van der Waals surface area contributed by atoms with Crippen LogP contribution in [0.3, 0.4) is 0 Å². The van der Waals surface area contributed by atoms with Crippen LogP contribution in [0.1, 0.15) is 25.3 Å². The first-order valence-electron chi connectivity index (χ1n) is 7.43. The zero-order valence-electron chi connectivity index (χ0n) is 12.8. The first kappa shape index (κ1) is 15.1. The van der Waals surface area contributed by atoms with Crippen molar-refractivity contribution in [3.05, 3.63) is 23.8 Å². The van der Waals surface area contributed by atoms with Crippen LogP contribution >= 0.6 is 0 Å². The van der Waals surface area contributed by atoms with Gasteiger partial charge in [0.2, 0.25) is 0 Å². The van der Waals surface area contributed by atoms with Crippen molar-refractivity contribution in [1.29, 1.82) is 0 Å². The van der Waals surface area contributed by atoms with Crippen LogP contribution in [0, 0.1) is 0 Å². The smallest absolute Gasteiger partial charge is 0.162 e. The van der Waals surface area contributed by atoms with Crippen molar-refractivity contribution in [3.63, 3.8) is 0 Å². The molecule has 1 aliphatic rings. The lowest BCUT2D eigenvalue weighted by Crippen LogP contribution is -2.38. The van der Waals surface area contributed by atoms with Gasteiger partial charge in [-0.2, -0.15) is 0 Å². The van der Waals surface area contributed by atoms with E-state index < -0.39 is 0 Å². The number of rotatable bonds is 6. The molecule has 0 saturated carbocycles. The second-order valence-corrected chi connectivity index (χ2v) is 5.59. The first-order valence-corrected chi connectivity index (χ1v) is 7.43. The molecule has 0 radical (unpaired) electrons. The van der Waals surface area contributed by atoms with Crippen molar-refractivity contribution in [2.45, 2.75) is 32.4 Å². The fourth-order valence-electron chi connectivity index (χ4n) is 3.09. The van der Waals surface area contributed by atoms with Gasteiger partial charge < -0.3 is 14.7 Å². The summed E-state index contributed by atoms with van der Waals surface area (Å²) in [6, 6.07) is 6.32. The summed E-state index contributed by atoms with van der Waals surface area (Å²) in [6.45, 7) is 6.37. The highest BCUT2D eigenvalue weighted by atomic mass is 16.5. The van der Waals surface area contributed by atoms with Crippen LogP contribution in [0.25, 0.3) is 0 Å². The molecule has 20 heavy (non-hydrogen) atoms. The van der Waals surface area contributed by atoms with Gasteiger partial charge in [0, 0.05) is 24.7 Å². The van der Waals surface area contributed by atoms with Gasteiger partial charge in [-0.1, -0.05) is 19.1 Å². The number of para-hydroxylation sites is 1. The maximum atomic E-state index is 10.1. The Balaban J connectivity index is 1.96. The topological polar surface area (TPSA) is 35.9 Å². The number of hydrogen-bond acceptors (Lipinski definition) is 4. The Bertz CT molecular complexity index is 436. The maximum absolute atomic E-state index is 10.1. The maximum Gasteiger partial charge on any atom is 0.162 e. The lowest BCUT2D eigenvalue weighted by molar-refractivity contribution is 0.193. The van der Waals surface area contributed by atoms with Gasteiger partial charge in [0.1, 0.15) is 0 Å². The average molecular weight is 278 g/mol. The molecule has 1 atom stereocenters. The molecule has 0 amide bonds. The zero-order chi connectivity index (χ0) is 14.5. The number of phenolic OH excluding ortho intramolecular Hbond substituents is 1. The molecule has 0 aliphatic carbocycles. The van der Waals surface area contributed by atoms with Crippen LogP contribution in [0.5, 0.6) is 11.5 Å². The number of ether oxygens (including phenoxy) is 1. The number of aromatic hydroxyl groups is 1. The van der Waals surface area contributed by atoms with Crippen molar-refractivity contribution >= 4 is 0 Å². The number of likely N-dealkylation sites (tertiary alicyclic amines) is 1. The monoisotopic (exact) mass is 278 g/mol. The Morgan fingerprint density at radius 2 is 2.25 bits per heavy atom. The summed E-state index contributed by atoms with van der Waals surface area (Å²) in [5.41, 5.74) is 0.924. The van der Waals surface area contributed by atoms with E-state index in [1.54, 1.807) is 13.2 Å². The minimum Gasteiger partial charge on any atom is -0.504 e. The Labute approximate surface area is 122 Å². The second kappa shape index (κ2) is 6.95. The van der Waals surface area contributed by atoms with E-state index in [0.29, 0.717) is 11.8 Å². The zero-order valence-corrected chi connectivity index (χ0v) is 12.8. The molecular formula is C16H26N2O2. The average Bonchev–Trinajstić information content (AvgIpc) is 2.88. The van der Waals surface area contributed by atoms with Crippen molar-refractivity contribution in [3.8, 4) is 11.5 Å². The predicted octanol–water partition coefficient (Wildman–Crippen LogP) is 2.32. The van der Waals surface area contributed by atoms with E-state index in [1.165, 1.54) is 19.4 Å². The van der Waals surface area contributed by atoms with E-state index >= 15 is 0 Å². The summed E-state index contributed by atoms with van der Waals surface area (Å²) in [4.78, 5) is 4.83. The predicted molar refractivity (Wildman–Crippen MR) is 81.3 cm³/mol. The minimum absolute atomic E-state index is 0.264. The molecule has 0 spiro atoms. The van der Waals surface area contributed by atoms with E-state index in [-0.39, 0.29) is 5.75 Å². The van der Waals surface area contributed by atoms with Gasteiger partial charge >= 0.3 is 0 Å². The molecule has 4 heteroatoms. The molecule has 1 aliphatic heterocycles. The summed E-state index contributed by atoms with van der Waals surface area (Å²) in [5.74, 6) is 0.813. The Kier molecular flexibility index (Phi) is 5.26. The summed E-state index contributed by atoms with van der Waals surface area (Å²) in [7, 11) is 3.70. The van der Waals surface area contributed by atoms with Crippen LogP contribution in [0.15, 0.2) is 18.2 Å². The van der Waals surface area contributed by atoms with E-state index in [0.717, 1.165) is 25.2 Å². The van der Waals surface area contributed by atoms with Crippen LogP contribution in [0.4, 0.5) is 0 Å². The summed E-state index contributed by atoms with van der Waals surface area (Å²) in [5, 5.41) is 10.1. The summed E-state index contributed by atoms with van der Waals surface area (Å²) in [6.07, 6.45) is 2.58. The largest absolute Gasteiger partial charge is 0.504 e. The van der Waals surface area contributed by atoms with E-state index in [2.05, 4.69) is 23.8 Å². The SMILES string of the molecule is CCN1CCCC1CN(C)Cc1cccc(OC)c1O. The summed E-state index contributed by atoms with van der Waals surface area (Å²) >= 11 is 0. The lowest BCUT2D eigenvalue weighted by atomic mass is 10.1. The molecule has 1 N–H and O–H groups in total. The quantitative estimate of drug-likeness (QED) is 0.866. The van der Waals surface area contributed by atoms with Crippen LogP contribution in [-0.2, 0) is 6.54 Å². The molecule has 0 aromatic heterocycles. The van der Waals surface area contributed by atoms with Gasteiger partial charge in [0.15, 0.2) is 11.5 Å². The van der Waals surface area contributed by atoms with Gasteiger partial charge in [0.25, 0.3) is 0 Å². The molecule has 1 fully saturated rings. The molecule has 0 bridgehead atoms. The van der Waals surface area contributed by atoms with Gasteiger partial charge in [-0.05, 0) is 39.0 Å².